The number of hydrogen-bond donors (Lipinski definition) is 4. The van der Waals surface area contributed by atoms with Crippen molar-refractivity contribution in [3.63, 3.8) is 0 Å². The van der Waals surface area contributed by atoms with Crippen molar-refractivity contribution in [2.24, 2.45) is 28.3 Å². The van der Waals surface area contributed by atoms with Gasteiger partial charge in [-0.3, -0.25) is 0 Å². The molecule has 0 saturated carbocycles. The maximum atomic E-state index is 5.69. The van der Waals surface area contributed by atoms with Crippen molar-refractivity contribution >= 4 is 0 Å². The molecule has 0 saturated heterocycles. The molecule has 0 aromatic heterocycles. The molecule has 8 N–H and O–H groups in total. The van der Waals surface area contributed by atoms with E-state index in [1.165, 1.54) is 0 Å². The monoisotopic (exact) mass is 218 g/mol. The average molecular weight is 218 g/mol. The molecule has 15 heavy (non-hydrogen) atoms. The molecule has 0 fully saturated rings. The quantitative estimate of drug-likeness (QED) is 0.550. The van der Waals surface area contributed by atoms with Gasteiger partial charge in [-0.25, -0.2) is 0 Å². The van der Waals surface area contributed by atoms with Gasteiger partial charge >= 0.3 is 0 Å². The van der Waals surface area contributed by atoms with Crippen molar-refractivity contribution in [1.82, 2.24) is 0 Å². The summed E-state index contributed by atoms with van der Waals surface area (Å²) in [5, 5.41) is 0. The van der Waals surface area contributed by atoms with E-state index in [0.29, 0.717) is 13.1 Å². The van der Waals surface area contributed by atoms with Crippen LogP contribution in [0.1, 0.15) is 41.5 Å². The third kappa shape index (κ3) is 8.81. The zero-order valence-corrected chi connectivity index (χ0v) is 11.2. The van der Waals surface area contributed by atoms with Crippen LogP contribution >= 0.6 is 0 Å². The Morgan fingerprint density at radius 1 is 0.667 bits per heavy atom. The van der Waals surface area contributed by atoms with Gasteiger partial charge < -0.3 is 22.9 Å². The summed E-state index contributed by atoms with van der Waals surface area (Å²) in [6.07, 6.45) is 0. The van der Waals surface area contributed by atoms with E-state index in [2.05, 4.69) is 0 Å². The molecular weight excluding hydrogens is 188 g/mol. The molecule has 4 nitrogen and oxygen atoms in total. The lowest BCUT2D eigenvalue weighted by atomic mass is 9.85. The van der Waals surface area contributed by atoms with Crippen LogP contribution in [-0.2, 0) is 0 Å². The van der Waals surface area contributed by atoms with Crippen molar-refractivity contribution in [3.05, 3.63) is 0 Å². The van der Waals surface area contributed by atoms with Gasteiger partial charge in [0.05, 0.1) is 0 Å². The number of rotatable bonds is 3. The lowest BCUT2D eigenvalue weighted by Gasteiger charge is -2.34. The van der Waals surface area contributed by atoms with Crippen LogP contribution in [0.3, 0.4) is 0 Å². The van der Waals surface area contributed by atoms with Crippen LogP contribution < -0.4 is 22.9 Å². The minimum Gasteiger partial charge on any atom is -0.330 e. The third-order valence-corrected chi connectivity index (χ3v) is 2.77. The first-order chi connectivity index (χ1) is 6.37. The Bertz CT molecular complexity index is 144. The molecule has 0 aliphatic rings. The van der Waals surface area contributed by atoms with Gasteiger partial charge in [0.1, 0.15) is 0 Å². The van der Waals surface area contributed by atoms with Crippen molar-refractivity contribution in [2.45, 2.75) is 52.6 Å². The van der Waals surface area contributed by atoms with Crippen LogP contribution in [0.5, 0.6) is 0 Å². The summed E-state index contributed by atoms with van der Waals surface area (Å²) >= 11 is 0. The van der Waals surface area contributed by atoms with Crippen LogP contribution in [0, 0.1) is 5.41 Å². The topological polar surface area (TPSA) is 104 Å². The van der Waals surface area contributed by atoms with Gasteiger partial charge in [-0.2, -0.15) is 0 Å². The second-order valence-corrected chi connectivity index (χ2v) is 6.02. The smallest absolute Gasteiger partial charge is 0.0274 e. The zero-order valence-electron chi connectivity index (χ0n) is 11.2. The Hall–Kier alpha value is -0.160. The van der Waals surface area contributed by atoms with Gasteiger partial charge in [0.25, 0.3) is 0 Å². The normalized spacial score (nSPS) is 13.2. The van der Waals surface area contributed by atoms with Crippen molar-refractivity contribution in [3.8, 4) is 0 Å². The van der Waals surface area contributed by atoms with E-state index in [9.17, 15) is 0 Å². The predicted octanol–water partition coefficient (Wildman–Crippen LogP) is 0.391. The summed E-state index contributed by atoms with van der Waals surface area (Å²) in [6, 6.07) is 0. The predicted molar refractivity (Wildman–Crippen MR) is 68.4 cm³/mol. The second-order valence-electron chi connectivity index (χ2n) is 6.02. The Labute approximate surface area is 94.8 Å². The number of nitrogens with two attached hydrogens (primary N) is 4. The fourth-order valence-electron chi connectivity index (χ4n) is 0.0833. The van der Waals surface area contributed by atoms with Crippen LogP contribution in [0.2, 0.25) is 0 Å². The van der Waals surface area contributed by atoms with Crippen molar-refractivity contribution in [1.29, 1.82) is 0 Å². The van der Waals surface area contributed by atoms with Crippen LogP contribution in [0.4, 0.5) is 0 Å². The number of hydrogen-bond acceptors (Lipinski definition) is 4. The van der Waals surface area contributed by atoms with Crippen LogP contribution in [0.25, 0.3) is 0 Å². The van der Waals surface area contributed by atoms with Crippen molar-refractivity contribution in [2.75, 3.05) is 13.1 Å². The molecule has 0 heterocycles. The molecule has 0 amide bonds. The van der Waals surface area contributed by atoms with Gasteiger partial charge in [-0.1, -0.05) is 13.8 Å². The highest BCUT2D eigenvalue weighted by molar-refractivity contribution is 4.93. The summed E-state index contributed by atoms with van der Waals surface area (Å²) in [5.41, 5.74) is 21.6. The molecule has 0 atom stereocenters. The van der Waals surface area contributed by atoms with E-state index in [1.807, 2.05) is 41.5 Å². The first kappa shape index (κ1) is 17.2. The first-order valence-corrected chi connectivity index (χ1v) is 5.35. The largest absolute Gasteiger partial charge is 0.330 e. The zero-order chi connectivity index (χ0) is 12.9. The molecule has 0 bridgehead atoms. The van der Waals surface area contributed by atoms with Gasteiger partial charge in [0, 0.05) is 11.1 Å². The Morgan fingerprint density at radius 2 is 0.867 bits per heavy atom. The highest BCUT2D eigenvalue weighted by atomic mass is 14.9. The van der Waals surface area contributed by atoms with Crippen LogP contribution in [-0.4, -0.2) is 24.2 Å². The fraction of sp³-hybridized carbons (Fsp3) is 1.00. The molecule has 0 aliphatic heterocycles. The minimum atomic E-state index is -0.285. The molecule has 0 aliphatic carbocycles. The summed E-state index contributed by atoms with van der Waals surface area (Å²) < 4.78 is 0. The third-order valence-electron chi connectivity index (χ3n) is 2.77. The molecule has 0 unspecified atom stereocenters. The Kier molecular flexibility index (Phi) is 6.66. The molecule has 0 aromatic carbocycles. The van der Waals surface area contributed by atoms with Gasteiger partial charge in [-0.05, 0) is 46.2 Å². The summed E-state index contributed by atoms with van der Waals surface area (Å²) in [4.78, 5) is 0. The average Bonchev–Trinajstić information content (AvgIpc) is 2.02. The highest BCUT2D eigenvalue weighted by Crippen LogP contribution is 2.13. The summed E-state index contributed by atoms with van der Waals surface area (Å²) in [5.74, 6) is 0. The molecule has 94 valence electrons. The Balaban J connectivity index is 0. The standard InChI is InChI=1S/C6H16N2.C5H14N2/c1-5(2,7)6(3,4)8;1-5(2,3-6)4-7/h7-8H2,1-4H3;3-4,6-7H2,1-2H3. The van der Waals surface area contributed by atoms with Crippen LogP contribution in [0.15, 0.2) is 0 Å². The molecule has 0 spiro atoms. The van der Waals surface area contributed by atoms with E-state index in [1.54, 1.807) is 0 Å². The van der Waals surface area contributed by atoms with Crippen molar-refractivity contribution < 1.29 is 0 Å². The summed E-state index contributed by atoms with van der Waals surface area (Å²) in [7, 11) is 0. The fourth-order valence-corrected chi connectivity index (χ4v) is 0.0833. The first-order valence-electron chi connectivity index (χ1n) is 5.35. The minimum absolute atomic E-state index is 0.139. The van der Waals surface area contributed by atoms with E-state index in [4.69, 9.17) is 22.9 Å². The molecular formula is C11H30N4. The maximum absolute atomic E-state index is 5.69. The lowest BCUT2D eigenvalue weighted by molar-refractivity contribution is 0.309. The van der Waals surface area contributed by atoms with E-state index < -0.39 is 0 Å². The summed E-state index contributed by atoms with van der Waals surface area (Å²) in [6.45, 7) is 13.1. The van der Waals surface area contributed by atoms with E-state index in [0.717, 1.165) is 0 Å². The Morgan fingerprint density at radius 3 is 0.867 bits per heavy atom. The van der Waals surface area contributed by atoms with Gasteiger partial charge in [-0.15, -0.1) is 0 Å². The maximum Gasteiger partial charge on any atom is 0.0274 e. The van der Waals surface area contributed by atoms with E-state index >= 15 is 0 Å². The SMILES string of the molecule is CC(C)(CN)CN.CC(C)(N)C(C)(C)N. The second kappa shape index (κ2) is 5.80. The molecule has 0 aromatic rings. The van der Waals surface area contributed by atoms with E-state index in [-0.39, 0.29) is 16.5 Å². The molecule has 0 radical (unpaired) electrons. The highest BCUT2D eigenvalue weighted by Gasteiger charge is 2.28. The lowest BCUT2D eigenvalue weighted by Crippen LogP contribution is -2.58. The van der Waals surface area contributed by atoms with Gasteiger partial charge in [0.2, 0.25) is 0 Å². The molecule has 4 heteroatoms. The molecule has 0 rings (SSSR count). The van der Waals surface area contributed by atoms with Gasteiger partial charge in [0.15, 0.2) is 0 Å².